The number of carboxylic acid groups (broad SMARTS) is 2. The molecule has 0 unspecified atom stereocenters. The number of carboxylic acids is 2. The Morgan fingerprint density at radius 3 is 1.58 bits per heavy atom. The summed E-state index contributed by atoms with van der Waals surface area (Å²) in [5, 5.41) is 22.2. The highest BCUT2D eigenvalue weighted by molar-refractivity contribution is 5.91. The van der Waals surface area contributed by atoms with Crippen LogP contribution in [0.25, 0.3) is 0 Å². The lowest BCUT2D eigenvalue weighted by molar-refractivity contribution is -0.189. The molecular formula is C28H36N4O6. The van der Waals surface area contributed by atoms with Crippen molar-refractivity contribution in [2.24, 2.45) is 23.3 Å². The van der Waals surface area contributed by atoms with Gasteiger partial charge in [-0.3, -0.25) is 9.59 Å². The fourth-order valence-corrected chi connectivity index (χ4v) is 5.01. The van der Waals surface area contributed by atoms with Crippen molar-refractivity contribution in [3.05, 3.63) is 71.8 Å². The van der Waals surface area contributed by atoms with E-state index in [-0.39, 0.29) is 18.8 Å². The summed E-state index contributed by atoms with van der Waals surface area (Å²) in [6.45, 7) is -0.105. The van der Waals surface area contributed by atoms with Crippen molar-refractivity contribution in [3.8, 4) is 0 Å². The summed E-state index contributed by atoms with van der Waals surface area (Å²) in [5.74, 6) is -4.48. The number of hydrogen-bond acceptors (Lipinski definition) is 6. The van der Waals surface area contributed by atoms with Crippen molar-refractivity contribution in [1.29, 1.82) is 0 Å². The molecule has 2 atom stereocenters. The maximum atomic E-state index is 14.1. The smallest absolute Gasteiger partial charge is 0.328 e. The van der Waals surface area contributed by atoms with Crippen molar-refractivity contribution in [3.63, 3.8) is 0 Å². The summed E-state index contributed by atoms with van der Waals surface area (Å²) in [5.41, 5.74) is 12.7. The predicted octanol–water partition coefficient (Wildman–Crippen LogP) is 1.67. The van der Waals surface area contributed by atoms with Crippen LogP contribution in [-0.2, 0) is 32.0 Å². The molecule has 1 fully saturated rings. The Kier molecular flexibility index (Phi) is 10.4. The Labute approximate surface area is 222 Å². The summed E-state index contributed by atoms with van der Waals surface area (Å²) in [6.07, 6.45) is 2.06. The van der Waals surface area contributed by atoms with Gasteiger partial charge in [0.1, 0.15) is 0 Å². The maximum absolute atomic E-state index is 14.1. The molecule has 0 spiro atoms. The van der Waals surface area contributed by atoms with Crippen LogP contribution in [0.1, 0.15) is 36.8 Å². The molecule has 0 bridgehead atoms. The topological polar surface area (TPSA) is 167 Å². The quantitative estimate of drug-likeness (QED) is 0.322. The van der Waals surface area contributed by atoms with Crippen LogP contribution in [0.4, 0.5) is 0 Å². The third kappa shape index (κ3) is 7.17. The second-order valence-electron chi connectivity index (χ2n) is 9.67. The van der Waals surface area contributed by atoms with E-state index in [9.17, 15) is 29.4 Å². The van der Waals surface area contributed by atoms with Gasteiger partial charge in [0.2, 0.25) is 5.91 Å². The molecule has 0 aromatic heterocycles. The molecule has 0 aliphatic heterocycles. The average molecular weight is 525 g/mol. The molecule has 6 N–H and O–H groups in total. The number of rotatable bonds is 11. The molecule has 38 heavy (non-hydrogen) atoms. The van der Waals surface area contributed by atoms with E-state index in [2.05, 4.69) is 0 Å². The van der Waals surface area contributed by atoms with E-state index in [1.165, 1.54) is 0 Å². The van der Waals surface area contributed by atoms with Gasteiger partial charge in [-0.05, 0) is 49.3 Å². The largest absolute Gasteiger partial charge is 0.480 e. The van der Waals surface area contributed by atoms with Crippen LogP contribution in [0.15, 0.2) is 60.7 Å². The predicted molar refractivity (Wildman–Crippen MR) is 140 cm³/mol. The van der Waals surface area contributed by atoms with E-state index in [1.54, 1.807) is 60.7 Å². The van der Waals surface area contributed by atoms with Crippen LogP contribution < -0.4 is 11.5 Å². The molecule has 0 saturated heterocycles. The summed E-state index contributed by atoms with van der Waals surface area (Å²) in [6, 6.07) is 14.3. The summed E-state index contributed by atoms with van der Waals surface area (Å²) in [7, 11) is 0. The van der Waals surface area contributed by atoms with Gasteiger partial charge in [0.25, 0.3) is 5.91 Å². The number of aliphatic carboxylic acids is 2. The van der Waals surface area contributed by atoms with Gasteiger partial charge in [-0.2, -0.15) is 0 Å². The number of carbonyl (C=O) groups excluding carboxylic acids is 2. The molecule has 10 nitrogen and oxygen atoms in total. The minimum Gasteiger partial charge on any atom is -0.480 e. The van der Waals surface area contributed by atoms with Crippen molar-refractivity contribution < 1.29 is 29.4 Å². The summed E-state index contributed by atoms with van der Waals surface area (Å²) < 4.78 is 0. The van der Waals surface area contributed by atoms with Crippen molar-refractivity contribution >= 4 is 23.8 Å². The Morgan fingerprint density at radius 2 is 1.18 bits per heavy atom. The third-order valence-electron chi connectivity index (χ3n) is 7.12. The molecule has 10 heteroatoms. The first-order valence-electron chi connectivity index (χ1n) is 12.8. The average Bonchev–Trinajstić information content (AvgIpc) is 2.94. The highest BCUT2D eigenvalue weighted by Gasteiger charge is 2.44. The number of carbonyl (C=O) groups is 4. The van der Waals surface area contributed by atoms with Gasteiger partial charge in [-0.1, -0.05) is 60.7 Å². The zero-order chi connectivity index (χ0) is 27.7. The van der Waals surface area contributed by atoms with Gasteiger partial charge >= 0.3 is 11.9 Å². The fraction of sp³-hybridized carbons (Fsp3) is 0.429. The van der Waals surface area contributed by atoms with Crippen molar-refractivity contribution in [1.82, 2.24) is 10.0 Å². The first-order chi connectivity index (χ1) is 18.3. The van der Waals surface area contributed by atoms with Gasteiger partial charge in [-0.15, -0.1) is 0 Å². The van der Waals surface area contributed by atoms with Crippen LogP contribution in [-0.4, -0.2) is 69.2 Å². The highest BCUT2D eigenvalue weighted by atomic mass is 16.4. The van der Waals surface area contributed by atoms with Gasteiger partial charge in [0.05, 0.1) is 6.54 Å². The van der Waals surface area contributed by atoms with Gasteiger partial charge in [0, 0.05) is 18.8 Å². The molecule has 1 aliphatic carbocycles. The highest BCUT2D eigenvalue weighted by Crippen LogP contribution is 2.31. The Balaban J connectivity index is 2.09. The van der Waals surface area contributed by atoms with Crippen LogP contribution in [0.2, 0.25) is 0 Å². The molecule has 2 amide bonds. The zero-order valence-electron chi connectivity index (χ0n) is 21.3. The SMILES string of the molecule is NCC(=O)N([C@@H](Cc1ccccc1)C(=O)O)N(C(=O)[C@H]1CC[C@H](CN)CC1)[C@@H](Cc1ccccc1)C(=O)O. The van der Waals surface area contributed by atoms with E-state index in [0.29, 0.717) is 43.4 Å². The number of amides is 2. The maximum Gasteiger partial charge on any atom is 0.328 e. The summed E-state index contributed by atoms with van der Waals surface area (Å²) >= 11 is 0. The normalized spacial score (nSPS) is 18.7. The van der Waals surface area contributed by atoms with Crippen LogP contribution in [0.3, 0.4) is 0 Å². The molecule has 1 aliphatic rings. The molecular weight excluding hydrogens is 488 g/mol. The number of benzene rings is 2. The number of nitrogens with two attached hydrogens (primary N) is 2. The number of hydrazine groups is 1. The lowest BCUT2D eigenvalue weighted by Gasteiger charge is -2.43. The Bertz CT molecular complexity index is 1090. The number of nitrogens with zero attached hydrogens (tertiary/aromatic N) is 2. The minimum atomic E-state index is -1.55. The molecule has 204 valence electrons. The fourth-order valence-electron chi connectivity index (χ4n) is 5.01. The monoisotopic (exact) mass is 524 g/mol. The lowest BCUT2D eigenvalue weighted by atomic mass is 9.81. The van der Waals surface area contributed by atoms with E-state index in [1.807, 2.05) is 0 Å². The number of hydrogen-bond donors (Lipinski definition) is 4. The van der Waals surface area contributed by atoms with Crippen LogP contribution >= 0.6 is 0 Å². The van der Waals surface area contributed by atoms with E-state index in [0.717, 1.165) is 10.0 Å². The van der Waals surface area contributed by atoms with E-state index in [4.69, 9.17) is 11.5 Å². The molecule has 3 rings (SSSR count). The second-order valence-corrected chi connectivity index (χ2v) is 9.67. The first-order valence-corrected chi connectivity index (χ1v) is 12.8. The Hall–Kier alpha value is -3.76. The molecule has 0 heterocycles. The van der Waals surface area contributed by atoms with Gasteiger partial charge in [0.15, 0.2) is 12.1 Å². The third-order valence-corrected chi connectivity index (χ3v) is 7.12. The minimum absolute atomic E-state index is 0.119. The van der Waals surface area contributed by atoms with Crippen LogP contribution in [0, 0.1) is 11.8 Å². The molecule has 2 aromatic rings. The molecule has 2 aromatic carbocycles. The van der Waals surface area contributed by atoms with E-state index >= 15 is 0 Å². The molecule has 0 radical (unpaired) electrons. The van der Waals surface area contributed by atoms with Crippen LogP contribution in [0.5, 0.6) is 0 Å². The molecule has 1 saturated carbocycles. The van der Waals surface area contributed by atoms with Crippen molar-refractivity contribution in [2.75, 3.05) is 13.1 Å². The second kappa shape index (κ2) is 13.7. The summed E-state index contributed by atoms with van der Waals surface area (Å²) in [4.78, 5) is 52.6. The van der Waals surface area contributed by atoms with E-state index < -0.39 is 48.3 Å². The standard InChI is InChI=1S/C28H36N4O6/c29-17-21-11-13-22(14-12-21)26(34)32(24(28(37)38)16-20-9-5-2-6-10-20)31(25(33)18-30)23(27(35)36)15-19-7-3-1-4-8-19/h1-10,21-24H,11-18,29-30H2,(H,35,36)(H,37,38)/t21-,22-,23-,24-/m0/s1. The zero-order valence-corrected chi connectivity index (χ0v) is 21.3. The van der Waals surface area contributed by atoms with Gasteiger partial charge < -0.3 is 21.7 Å². The first kappa shape index (κ1) is 28.8. The lowest BCUT2D eigenvalue weighted by Crippen LogP contribution is -2.65. The Morgan fingerprint density at radius 1 is 0.737 bits per heavy atom. The van der Waals surface area contributed by atoms with Gasteiger partial charge in [-0.25, -0.2) is 19.6 Å². The van der Waals surface area contributed by atoms with Crippen molar-refractivity contribution in [2.45, 2.75) is 50.6 Å².